The maximum Gasteiger partial charge on any atom is 0.275 e. The maximum absolute atomic E-state index is 12.8. The Morgan fingerprint density at radius 1 is 0.939 bits per heavy atom. The molecule has 2 aromatic carbocycles. The van der Waals surface area contributed by atoms with Crippen molar-refractivity contribution >= 4 is 16.7 Å². The van der Waals surface area contributed by atoms with Crippen LogP contribution in [0.3, 0.4) is 0 Å². The first kappa shape index (κ1) is 22.6. The van der Waals surface area contributed by atoms with Crippen LogP contribution in [0.5, 0.6) is 17.2 Å². The molecule has 4 rings (SSSR count). The van der Waals surface area contributed by atoms with Crippen molar-refractivity contribution in [2.75, 3.05) is 47.5 Å². The van der Waals surface area contributed by atoms with Gasteiger partial charge >= 0.3 is 0 Å². The number of rotatable bonds is 7. The number of piperazine rings is 1. The highest BCUT2D eigenvalue weighted by molar-refractivity contribution is 5.81. The van der Waals surface area contributed by atoms with Crippen LogP contribution in [0.25, 0.3) is 10.8 Å². The summed E-state index contributed by atoms with van der Waals surface area (Å²) in [6, 6.07) is 11.1. The minimum Gasteiger partial charge on any atom is -0.493 e. The molecule has 2 heterocycles. The van der Waals surface area contributed by atoms with Gasteiger partial charge in [0.25, 0.3) is 5.56 Å². The smallest absolute Gasteiger partial charge is 0.275 e. The van der Waals surface area contributed by atoms with Crippen molar-refractivity contribution in [1.82, 2.24) is 19.6 Å². The minimum atomic E-state index is -0.249. The number of fused-ring (bicyclic) bond motifs is 1. The third-order valence-corrected chi connectivity index (χ3v) is 5.95. The molecular formula is C24H28N4O5. The van der Waals surface area contributed by atoms with Gasteiger partial charge in [0.2, 0.25) is 11.7 Å². The lowest BCUT2D eigenvalue weighted by atomic mass is 10.1. The average Bonchev–Trinajstić information content (AvgIpc) is 2.85. The summed E-state index contributed by atoms with van der Waals surface area (Å²) in [5.41, 5.74) is 0.738. The normalized spacial score (nSPS) is 14.3. The summed E-state index contributed by atoms with van der Waals surface area (Å²) in [5, 5.41) is 5.50. The Morgan fingerprint density at radius 3 is 2.36 bits per heavy atom. The van der Waals surface area contributed by atoms with Crippen molar-refractivity contribution in [3.8, 4) is 17.2 Å². The highest BCUT2D eigenvalue weighted by Crippen LogP contribution is 2.40. The Morgan fingerprint density at radius 2 is 1.67 bits per heavy atom. The number of benzene rings is 2. The van der Waals surface area contributed by atoms with Gasteiger partial charge in [0.05, 0.1) is 32.9 Å². The Labute approximate surface area is 192 Å². The predicted molar refractivity (Wildman–Crippen MR) is 124 cm³/mol. The Kier molecular flexibility index (Phi) is 6.79. The van der Waals surface area contributed by atoms with Crippen LogP contribution in [0, 0.1) is 0 Å². The maximum atomic E-state index is 12.8. The van der Waals surface area contributed by atoms with E-state index in [0.29, 0.717) is 55.4 Å². The van der Waals surface area contributed by atoms with Crippen molar-refractivity contribution in [2.45, 2.75) is 13.1 Å². The number of amides is 1. The summed E-state index contributed by atoms with van der Waals surface area (Å²) >= 11 is 0. The lowest BCUT2D eigenvalue weighted by Gasteiger charge is -2.35. The lowest BCUT2D eigenvalue weighted by molar-refractivity contribution is -0.133. The molecule has 1 fully saturated rings. The summed E-state index contributed by atoms with van der Waals surface area (Å²) in [6.07, 6.45) is 1.62. The SMILES string of the molecule is COc1ccc(CN2CCN(C(=O)Cn3ncc4ccccc4c3=O)CC2)c(OC)c1OC. The molecule has 0 saturated carbocycles. The number of ether oxygens (including phenoxy) is 3. The van der Waals surface area contributed by atoms with Gasteiger partial charge in [-0.25, -0.2) is 4.68 Å². The van der Waals surface area contributed by atoms with E-state index in [4.69, 9.17) is 14.2 Å². The molecule has 0 unspecified atom stereocenters. The molecule has 0 atom stereocenters. The van der Waals surface area contributed by atoms with Crippen molar-refractivity contribution in [3.05, 3.63) is 58.5 Å². The molecule has 0 N–H and O–H groups in total. The monoisotopic (exact) mass is 452 g/mol. The number of carbonyl (C=O) groups is 1. The predicted octanol–water partition coefficient (Wildman–Crippen LogP) is 1.77. The van der Waals surface area contributed by atoms with E-state index in [1.54, 1.807) is 38.5 Å². The van der Waals surface area contributed by atoms with E-state index < -0.39 is 0 Å². The molecule has 0 bridgehead atoms. The topological polar surface area (TPSA) is 86.1 Å². The zero-order chi connectivity index (χ0) is 23.4. The van der Waals surface area contributed by atoms with Crippen LogP contribution >= 0.6 is 0 Å². The van der Waals surface area contributed by atoms with E-state index in [1.807, 2.05) is 30.3 Å². The van der Waals surface area contributed by atoms with Gasteiger partial charge in [-0.1, -0.05) is 24.3 Å². The molecule has 1 aliphatic heterocycles. The molecular weight excluding hydrogens is 424 g/mol. The molecule has 9 heteroatoms. The first-order valence-electron chi connectivity index (χ1n) is 10.8. The number of hydrogen-bond donors (Lipinski definition) is 0. The number of hydrogen-bond acceptors (Lipinski definition) is 7. The minimum absolute atomic E-state index is 0.0623. The summed E-state index contributed by atoms with van der Waals surface area (Å²) in [5.74, 6) is 1.73. The van der Waals surface area contributed by atoms with Crippen LogP contribution in [0.2, 0.25) is 0 Å². The van der Waals surface area contributed by atoms with E-state index in [0.717, 1.165) is 10.9 Å². The molecule has 3 aromatic rings. The molecule has 1 saturated heterocycles. The van der Waals surface area contributed by atoms with Gasteiger partial charge in [0.1, 0.15) is 6.54 Å². The van der Waals surface area contributed by atoms with Crippen LogP contribution in [0.1, 0.15) is 5.56 Å². The molecule has 0 radical (unpaired) electrons. The second-order valence-corrected chi connectivity index (χ2v) is 7.84. The van der Waals surface area contributed by atoms with Crippen LogP contribution < -0.4 is 19.8 Å². The van der Waals surface area contributed by atoms with Crippen molar-refractivity contribution in [2.24, 2.45) is 0 Å². The van der Waals surface area contributed by atoms with E-state index in [9.17, 15) is 9.59 Å². The quantitative estimate of drug-likeness (QED) is 0.540. The van der Waals surface area contributed by atoms with Crippen LogP contribution in [-0.2, 0) is 17.9 Å². The van der Waals surface area contributed by atoms with Crippen LogP contribution in [0.4, 0.5) is 0 Å². The van der Waals surface area contributed by atoms with Crippen molar-refractivity contribution < 1.29 is 19.0 Å². The van der Waals surface area contributed by atoms with Crippen LogP contribution in [-0.4, -0.2) is 73.0 Å². The highest BCUT2D eigenvalue weighted by atomic mass is 16.5. The molecule has 0 spiro atoms. The molecule has 33 heavy (non-hydrogen) atoms. The molecule has 1 amide bonds. The molecule has 9 nitrogen and oxygen atoms in total. The standard InChI is InChI=1S/C24H28N4O5/c1-31-20-9-8-18(22(32-2)23(20)33-3)15-26-10-12-27(13-11-26)21(29)16-28-24(30)19-7-5-4-6-17(19)14-25-28/h4-9,14H,10-13,15-16H2,1-3H3. The van der Waals surface area contributed by atoms with Gasteiger partial charge in [-0.05, 0) is 12.1 Å². The number of aromatic nitrogens is 2. The number of carbonyl (C=O) groups excluding carboxylic acids is 1. The first-order chi connectivity index (χ1) is 16.0. The van der Waals surface area contributed by atoms with Gasteiger partial charge in [0.15, 0.2) is 11.5 Å². The lowest BCUT2D eigenvalue weighted by Crippen LogP contribution is -2.49. The third kappa shape index (κ3) is 4.63. The molecule has 0 aliphatic carbocycles. The largest absolute Gasteiger partial charge is 0.493 e. The van der Waals surface area contributed by atoms with Crippen molar-refractivity contribution in [3.63, 3.8) is 0 Å². The fourth-order valence-corrected chi connectivity index (χ4v) is 4.15. The molecule has 174 valence electrons. The fraction of sp³-hybridized carbons (Fsp3) is 0.375. The average molecular weight is 453 g/mol. The second-order valence-electron chi connectivity index (χ2n) is 7.84. The molecule has 1 aliphatic rings. The summed E-state index contributed by atoms with van der Waals surface area (Å²) in [7, 11) is 4.79. The third-order valence-electron chi connectivity index (χ3n) is 5.95. The Bertz CT molecular complexity index is 1200. The van der Waals surface area contributed by atoms with Crippen molar-refractivity contribution in [1.29, 1.82) is 0 Å². The van der Waals surface area contributed by atoms with Gasteiger partial charge in [-0.15, -0.1) is 0 Å². The van der Waals surface area contributed by atoms with Crippen LogP contribution in [0.15, 0.2) is 47.4 Å². The Balaban J connectivity index is 1.39. The second kappa shape index (κ2) is 9.91. The van der Waals surface area contributed by atoms with E-state index >= 15 is 0 Å². The highest BCUT2D eigenvalue weighted by Gasteiger charge is 2.24. The van der Waals surface area contributed by atoms with Gasteiger partial charge in [-0.3, -0.25) is 14.5 Å². The number of methoxy groups -OCH3 is 3. The zero-order valence-corrected chi connectivity index (χ0v) is 19.1. The summed E-state index contributed by atoms with van der Waals surface area (Å²) < 4.78 is 17.7. The summed E-state index contributed by atoms with van der Waals surface area (Å²) in [4.78, 5) is 29.5. The Hall–Kier alpha value is -3.59. The molecule has 1 aromatic heterocycles. The summed E-state index contributed by atoms with van der Waals surface area (Å²) in [6.45, 7) is 3.19. The first-order valence-corrected chi connectivity index (χ1v) is 10.8. The number of nitrogens with zero attached hydrogens (tertiary/aromatic N) is 4. The fourth-order valence-electron chi connectivity index (χ4n) is 4.15. The zero-order valence-electron chi connectivity index (χ0n) is 19.1. The van der Waals surface area contributed by atoms with E-state index in [1.165, 1.54) is 4.68 Å². The van der Waals surface area contributed by atoms with E-state index in [2.05, 4.69) is 10.00 Å². The van der Waals surface area contributed by atoms with E-state index in [-0.39, 0.29) is 18.0 Å². The van der Waals surface area contributed by atoms with Gasteiger partial charge in [-0.2, -0.15) is 5.10 Å². The van der Waals surface area contributed by atoms with Gasteiger partial charge < -0.3 is 19.1 Å². The van der Waals surface area contributed by atoms with Gasteiger partial charge in [0, 0.05) is 43.7 Å².